The highest BCUT2D eigenvalue weighted by Gasteiger charge is 2.16. The van der Waals surface area contributed by atoms with Crippen molar-refractivity contribution in [3.05, 3.63) is 48.3 Å². The maximum absolute atomic E-state index is 13.1. The van der Waals surface area contributed by atoms with E-state index in [4.69, 9.17) is 5.73 Å². The molecule has 100 valence electrons. The highest BCUT2D eigenvalue weighted by atomic mass is 32.2. The van der Waals surface area contributed by atoms with Crippen LogP contribution in [0.2, 0.25) is 0 Å². The van der Waals surface area contributed by atoms with E-state index in [1.165, 1.54) is 24.3 Å². The first-order valence-corrected chi connectivity index (χ1v) is 6.73. The lowest BCUT2D eigenvalue weighted by Gasteiger charge is -2.09. The van der Waals surface area contributed by atoms with Crippen molar-refractivity contribution < 1.29 is 17.9 Å². The number of benzene rings is 2. The van der Waals surface area contributed by atoms with Crippen LogP contribution in [-0.2, 0) is 10.0 Å². The lowest BCUT2D eigenvalue weighted by Crippen LogP contribution is -2.13. The van der Waals surface area contributed by atoms with Crippen LogP contribution in [0.25, 0.3) is 0 Å². The van der Waals surface area contributed by atoms with Crippen molar-refractivity contribution in [2.24, 2.45) is 0 Å². The summed E-state index contributed by atoms with van der Waals surface area (Å²) in [4.78, 5) is -0.284. The lowest BCUT2D eigenvalue weighted by molar-refractivity contribution is 0.475. The van der Waals surface area contributed by atoms with Crippen LogP contribution in [0.15, 0.2) is 47.4 Å². The van der Waals surface area contributed by atoms with Crippen molar-refractivity contribution in [3.8, 4) is 5.75 Å². The van der Waals surface area contributed by atoms with Crippen molar-refractivity contribution in [1.82, 2.24) is 0 Å². The number of nitrogens with one attached hydrogen (secondary N) is 1. The third-order valence-corrected chi connectivity index (χ3v) is 3.66. The average Bonchev–Trinajstić information content (AvgIpc) is 2.26. The highest BCUT2D eigenvalue weighted by molar-refractivity contribution is 7.92. The fourth-order valence-corrected chi connectivity index (χ4v) is 2.64. The van der Waals surface area contributed by atoms with E-state index in [1.807, 2.05) is 0 Å². The summed E-state index contributed by atoms with van der Waals surface area (Å²) in [5.74, 6) is -0.824. The number of hydrogen-bond acceptors (Lipinski definition) is 4. The fourth-order valence-electron chi connectivity index (χ4n) is 1.52. The van der Waals surface area contributed by atoms with Crippen molar-refractivity contribution >= 4 is 21.4 Å². The number of halogens is 1. The molecule has 0 fully saturated rings. The summed E-state index contributed by atoms with van der Waals surface area (Å²) in [6.45, 7) is 0. The molecule has 0 saturated carbocycles. The van der Waals surface area contributed by atoms with Crippen molar-refractivity contribution in [2.45, 2.75) is 4.90 Å². The van der Waals surface area contributed by atoms with Crippen LogP contribution in [0.1, 0.15) is 0 Å². The number of phenolic OH excluding ortho intramolecular Hbond substituents is 1. The van der Waals surface area contributed by atoms with Crippen molar-refractivity contribution in [1.29, 1.82) is 0 Å². The van der Waals surface area contributed by atoms with Crippen LogP contribution in [-0.4, -0.2) is 13.5 Å². The van der Waals surface area contributed by atoms with Gasteiger partial charge in [-0.05, 0) is 30.3 Å². The molecule has 0 heterocycles. The van der Waals surface area contributed by atoms with E-state index in [0.717, 1.165) is 18.2 Å². The number of nitrogen functional groups attached to an aromatic ring is 1. The number of anilines is 2. The van der Waals surface area contributed by atoms with E-state index in [1.54, 1.807) is 0 Å². The molecule has 2 aromatic carbocycles. The van der Waals surface area contributed by atoms with Crippen molar-refractivity contribution in [2.75, 3.05) is 10.5 Å². The first-order chi connectivity index (χ1) is 8.87. The maximum Gasteiger partial charge on any atom is 0.262 e. The van der Waals surface area contributed by atoms with Gasteiger partial charge in [0, 0.05) is 11.8 Å². The number of nitrogens with two attached hydrogens (primary N) is 1. The van der Waals surface area contributed by atoms with Gasteiger partial charge in [-0.2, -0.15) is 0 Å². The fraction of sp³-hybridized carbons (Fsp3) is 0. The first-order valence-electron chi connectivity index (χ1n) is 5.25. The zero-order chi connectivity index (χ0) is 14.0. The van der Waals surface area contributed by atoms with E-state index in [9.17, 15) is 17.9 Å². The molecule has 0 saturated heterocycles. The molecule has 19 heavy (non-hydrogen) atoms. The number of phenols is 1. The summed E-state index contributed by atoms with van der Waals surface area (Å²) in [7, 11) is -3.96. The molecule has 0 unspecified atom stereocenters. The Morgan fingerprint density at radius 1 is 1.16 bits per heavy atom. The predicted molar refractivity (Wildman–Crippen MR) is 69.7 cm³/mol. The third-order valence-electron chi connectivity index (χ3n) is 2.30. The van der Waals surface area contributed by atoms with Crippen LogP contribution in [0.5, 0.6) is 5.75 Å². The number of aromatic hydroxyl groups is 1. The van der Waals surface area contributed by atoms with E-state index in [0.29, 0.717) is 0 Å². The SMILES string of the molecule is Nc1cc(F)cc(S(=O)(=O)Nc2cccc(O)c2)c1. The molecular formula is C12H11FN2O3S. The summed E-state index contributed by atoms with van der Waals surface area (Å²) in [6, 6.07) is 8.61. The molecule has 0 spiro atoms. The smallest absolute Gasteiger partial charge is 0.262 e. The molecule has 0 amide bonds. The van der Waals surface area contributed by atoms with Gasteiger partial charge in [-0.3, -0.25) is 4.72 Å². The topological polar surface area (TPSA) is 92.4 Å². The second-order valence-electron chi connectivity index (χ2n) is 3.88. The standard InChI is InChI=1S/C12H11FN2O3S/c13-8-4-9(14)6-12(5-8)19(17,18)15-10-2-1-3-11(16)7-10/h1-7,15-16H,14H2. The molecule has 7 heteroatoms. The van der Waals surface area contributed by atoms with Crippen molar-refractivity contribution in [3.63, 3.8) is 0 Å². The van der Waals surface area contributed by atoms with E-state index in [2.05, 4.69) is 4.72 Å². The molecule has 0 bridgehead atoms. The summed E-state index contributed by atoms with van der Waals surface area (Å²) in [5, 5.41) is 9.25. The van der Waals surface area contributed by atoms with Gasteiger partial charge in [-0.1, -0.05) is 6.07 Å². The second-order valence-corrected chi connectivity index (χ2v) is 5.56. The van der Waals surface area contributed by atoms with Gasteiger partial charge in [0.25, 0.3) is 10.0 Å². The number of rotatable bonds is 3. The van der Waals surface area contributed by atoms with Crippen LogP contribution >= 0.6 is 0 Å². The van der Waals surface area contributed by atoms with Crippen LogP contribution in [0.4, 0.5) is 15.8 Å². The van der Waals surface area contributed by atoms with Gasteiger partial charge in [-0.25, -0.2) is 12.8 Å². The molecular weight excluding hydrogens is 271 g/mol. The van der Waals surface area contributed by atoms with Gasteiger partial charge < -0.3 is 10.8 Å². The molecule has 0 aliphatic rings. The zero-order valence-corrected chi connectivity index (χ0v) is 10.5. The van der Waals surface area contributed by atoms with Gasteiger partial charge in [0.2, 0.25) is 0 Å². The minimum atomic E-state index is -3.96. The summed E-state index contributed by atoms with van der Waals surface area (Å²) >= 11 is 0. The normalized spacial score (nSPS) is 11.2. The van der Waals surface area contributed by atoms with Gasteiger partial charge in [0.1, 0.15) is 11.6 Å². The molecule has 2 aromatic rings. The Hall–Kier alpha value is -2.28. The summed E-state index contributed by atoms with van der Waals surface area (Å²) in [6.07, 6.45) is 0. The summed E-state index contributed by atoms with van der Waals surface area (Å²) in [5.41, 5.74) is 5.58. The van der Waals surface area contributed by atoms with Gasteiger partial charge in [-0.15, -0.1) is 0 Å². The Balaban J connectivity index is 2.37. The Labute approximate surface area is 109 Å². The lowest BCUT2D eigenvalue weighted by atomic mass is 10.3. The molecule has 0 atom stereocenters. The molecule has 0 aliphatic heterocycles. The van der Waals surface area contributed by atoms with E-state index in [-0.39, 0.29) is 22.0 Å². The quantitative estimate of drug-likeness (QED) is 0.750. The van der Waals surface area contributed by atoms with Gasteiger partial charge in [0.05, 0.1) is 10.6 Å². The Morgan fingerprint density at radius 2 is 1.89 bits per heavy atom. The highest BCUT2D eigenvalue weighted by Crippen LogP contribution is 2.21. The molecule has 0 radical (unpaired) electrons. The minimum absolute atomic E-state index is 0.0104. The largest absolute Gasteiger partial charge is 0.508 e. The molecule has 5 nitrogen and oxygen atoms in total. The minimum Gasteiger partial charge on any atom is -0.508 e. The molecule has 4 N–H and O–H groups in total. The third kappa shape index (κ3) is 3.14. The number of sulfonamides is 1. The van der Waals surface area contributed by atoms with Crippen LogP contribution in [0.3, 0.4) is 0 Å². The van der Waals surface area contributed by atoms with Crippen LogP contribution in [0, 0.1) is 5.82 Å². The molecule has 0 aliphatic carbocycles. The first kappa shape index (κ1) is 13.2. The predicted octanol–water partition coefficient (Wildman–Crippen LogP) is 1.91. The van der Waals surface area contributed by atoms with Crippen LogP contribution < -0.4 is 10.5 Å². The monoisotopic (exact) mass is 282 g/mol. The van der Waals surface area contributed by atoms with E-state index >= 15 is 0 Å². The Bertz CT molecular complexity index is 696. The zero-order valence-electron chi connectivity index (χ0n) is 9.67. The second kappa shape index (κ2) is 4.77. The van der Waals surface area contributed by atoms with Gasteiger partial charge in [0.15, 0.2) is 0 Å². The van der Waals surface area contributed by atoms with E-state index < -0.39 is 15.8 Å². The summed E-state index contributed by atoms with van der Waals surface area (Å²) < 4.78 is 39.4. The molecule has 0 aromatic heterocycles. The van der Waals surface area contributed by atoms with Gasteiger partial charge >= 0.3 is 0 Å². The Kier molecular flexibility index (Phi) is 3.30. The maximum atomic E-state index is 13.1. The number of hydrogen-bond donors (Lipinski definition) is 3. The Morgan fingerprint density at radius 3 is 2.53 bits per heavy atom. The molecule has 2 rings (SSSR count). The average molecular weight is 282 g/mol.